The zero-order valence-electron chi connectivity index (χ0n) is 10.6. The maximum absolute atomic E-state index is 12.5. The summed E-state index contributed by atoms with van der Waals surface area (Å²) < 4.78 is 0. The number of imide groups is 1. The molecule has 8 nitrogen and oxygen atoms in total. The SMILES string of the molecule is O=C1CC2(CC(Cl)N=N2)C(=O)N1c1cccc([N+](=O)[O-])c1. The molecule has 2 unspecified atom stereocenters. The number of benzene rings is 1. The van der Waals surface area contributed by atoms with Gasteiger partial charge >= 0.3 is 0 Å². The minimum Gasteiger partial charge on any atom is -0.274 e. The average Bonchev–Trinajstić information content (AvgIpc) is 2.91. The molecule has 2 heterocycles. The Morgan fingerprint density at radius 3 is 2.81 bits per heavy atom. The standard InChI is InChI=1S/C12H9ClN4O4/c13-9-5-12(15-14-9)6-10(18)16(11(12)19)7-2-1-3-8(4-7)17(20)21/h1-4,9H,5-6H2. The predicted octanol–water partition coefficient (Wildman–Crippen LogP) is 2.02. The van der Waals surface area contributed by atoms with E-state index in [2.05, 4.69) is 10.2 Å². The van der Waals surface area contributed by atoms with Crippen LogP contribution in [0.25, 0.3) is 0 Å². The molecule has 3 rings (SSSR count). The zero-order valence-corrected chi connectivity index (χ0v) is 11.4. The van der Waals surface area contributed by atoms with Gasteiger partial charge in [0.1, 0.15) is 5.50 Å². The fourth-order valence-corrected chi connectivity index (χ4v) is 2.80. The number of rotatable bonds is 2. The molecule has 1 aromatic carbocycles. The summed E-state index contributed by atoms with van der Waals surface area (Å²) in [5.74, 6) is -1.01. The molecule has 2 amide bonds. The average molecular weight is 309 g/mol. The number of halogens is 1. The van der Waals surface area contributed by atoms with E-state index in [0.29, 0.717) is 0 Å². The van der Waals surface area contributed by atoms with Gasteiger partial charge in [-0.05, 0) is 6.07 Å². The van der Waals surface area contributed by atoms with Gasteiger partial charge in [0.25, 0.3) is 11.6 Å². The number of anilines is 1. The molecule has 0 N–H and O–H groups in total. The fourth-order valence-electron chi connectivity index (χ4n) is 2.50. The first kappa shape index (κ1) is 13.6. The molecule has 0 aliphatic carbocycles. The Bertz CT molecular complexity index is 692. The van der Waals surface area contributed by atoms with Crippen molar-refractivity contribution in [2.45, 2.75) is 23.9 Å². The van der Waals surface area contributed by atoms with Gasteiger partial charge in [-0.2, -0.15) is 10.2 Å². The van der Waals surface area contributed by atoms with Crippen molar-refractivity contribution in [2.75, 3.05) is 4.90 Å². The van der Waals surface area contributed by atoms with E-state index in [4.69, 9.17) is 11.6 Å². The van der Waals surface area contributed by atoms with Crippen molar-refractivity contribution in [3.05, 3.63) is 34.4 Å². The van der Waals surface area contributed by atoms with Gasteiger partial charge in [-0.3, -0.25) is 19.7 Å². The molecule has 0 radical (unpaired) electrons. The molecule has 1 saturated heterocycles. The highest BCUT2D eigenvalue weighted by Gasteiger charge is 2.56. The number of nitrogens with zero attached hydrogens (tertiary/aromatic N) is 4. The second-order valence-electron chi connectivity index (χ2n) is 4.87. The van der Waals surface area contributed by atoms with Crippen molar-refractivity contribution in [1.82, 2.24) is 0 Å². The minimum absolute atomic E-state index is 0.124. The third-order valence-corrected chi connectivity index (χ3v) is 3.72. The summed E-state index contributed by atoms with van der Waals surface area (Å²) in [6, 6.07) is 5.35. The van der Waals surface area contributed by atoms with E-state index in [1.807, 2.05) is 0 Å². The van der Waals surface area contributed by atoms with Gasteiger partial charge in [-0.15, -0.1) is 0 Å². The van der Waals surface area contributed by atoms with Gasteiger partial charge < -0.3 is 0 Å². The van der Waals surface area contributed by atoms with Crippen molar-refractivity contribution in [3.63, 3.8) is 0 Å². The number of azo groups is 1. The first-order chi connectivity index (χ1) is 9.93. The summed E-state index contributed by atoms with van der Waals surface area (Å²) in [6.45, 7) is 0. The summed E-state index contributed by atoms with van der Waals surface area (Å²) in [4.78, 5) is 35.7. The minimum atomic E-state index is -1.26. The summed E-state index contributed by atoms with van der Waals surface area (Å²) in [7, 11) is 0. The summed E-state index contributed by atoms with van der Waals surface area (Å²) >= 11 is 5.82. The highest BCUT2D eigenvalue weighted by Crippen LogP contribution is 2.41. The van der Waals surface area contributed by atoms with E-state index >= 15 is 0 Å². The Balaban J connectivity index is 1.98. The van der Waals surface area contributed by atoms with Gasteiger partial charge in [0.2, 0.25) is 5.91 Å². The highest BCUT2D eigenvalue weighted by atomic mass is 35.5. The molecule has 0 saturated carbocycles. The lowest BCUT2D eigenvalue weighted by Crippen LogP contribution is -2.38. The number of nitro benzene ring substituents is 1. The van der Waals surface area contributed by atoms with Crippen molar-refractivity contribution < 1.29 is 14.5 Å². The Kier molecular flexibility index (Phi) is 2.98. The Labute approximate surface area is 123 Å². The highest BCUT2D eigenvalue weighted by molar-refractivity contribution is 6.26. The van der Waals surface area contributed by atoms with Crippen LogP contribution >= 0.6 is 11.6 Å². The molecule has 0 aromatic heterocycles. The lowest BCUT2D eigenvalue weighted by atomic mass is 9.95. The van der Waals surface area contributed by atoms with Crippen LogP contribution in [0.2, 0.25) is 0 Å². The van der Waals surface area contributed by atoms with Crippen LogP contribution in [0.15, 0.2) is 34.5 Å². The number of alkyl halides is 1. The first-order valence-corrected chi connectivity index (χ1v) is 6.54. The Hall–Kier alpha value is -2.35. The third kappa shape index (κ3) is 2.07. The van der Waals surface area contributed by atoms with Crippen LogP contribution in [0.3, 0.4) is 0 Å². The number of nitro groups is 1. The van der Waals surface area contributed by atoms with E-state index in [-0.39, 0.29) is 24.2 Å². The molecular formula is C12H9ClN4O4. The van der Waals surface area contributed by atoms with Gasteiger partial charge in [0.15, 0.2) is 5.54 Å². The molecule has 1 fully saturated rings. The topological polar surface area (TPSA) is 105 Å². The fraction of sp³-hybridized carbons (Fsp3) is 0.333. The van der Waals surface area contributed by atoms with Crippen molar-refractivity contribution in [1.29, 1.82) is 0 Å². The van der Waals surface area contributed by atoms with E-state index in [1.165, 1.54) is 24.3 Å². The molecular weight excluding hydrogens is 300 g/mol. The third-order valence-electron chi connectivity index (χ3n) is 3.47. The van der Waals surface area contributed by atoms with E-state index in [9.17, 15) is 19.7 Å². The number of non-ortho nitro benzene ring substituents is 1. The van der Waals surface area contributed by atoms with Gasteiger partial charge in [-0.25, -0.2) is 4.90 Å². The molecule has 9 heteroatoms. The van der Waals surface area contributed by atoms with Gasteiger partial charge in [0, 0.05) is 18.6 Å². The lowest BCUT2D eigenvalue weighted by Gasteiger charge is -2.17. The summed E-state index contributed by atoms with van der Waals surface area (Å²) in [5.41, 5.74) is -1.93. The van der Waals surface area contributed by atoms with Gasteiger partial charge in [0.05, 0.1) is 17.0 Å². The Morgan fingerprint density at radius 2 is 2.19 bits per heavy atom. The van der Waals surface area contributed by atoms with Gasteiger partial charge in [-0.1, -0.05) is 17.7 Å². The maximum Gasteiger partial charge on any atom is 0.271 e. The lowest BCUT2D eigenvalue weighted by molar-refractivity contribution is -0.384. The summed E-state index contributed by atoms with van der Waals surface area (Å²) in [6.07, 6.45) is 0.0335. The maximum atomic E-state index is 12.5. The molecule has 2 aliphatic heterocycles. The zero-order chi connectivity index (χ0) is 15.2. The van der Waals surface area contributed by atoms with Crippen molar-refractivity contribution in [3.8, 4) is 0 Å². The smallest absolute Gasteiger partial charge is 0.271 e. The second-order valence-corrected chi connectivity index (χ2v) is 5.38. The van der Waals surface area contributed by atoms with E-state index < -0.39 is 27.8 Å². The first-order valence-electron chi connectivity index (χ1n) is 6.11. The quantitative estimate of drug-likeness (QED) is 0.274. The van der Waals surface area contributed by atoms with Crippen LogP contribution < -0.4 is 4.90 Å². The summed E-state index contributed by atoms with van der Waals surface area (Å²) in [5, 5.41) is 18.4. The van der Waals surface area contributed by atoms with Crippen LogP contribution in [0.4, 0.5) is 11.4 Å². The van der Waals surface area contributed by atoms with E-state index in [1.54, 1.807) is 0 Å². The normalized spacial score (nSPS) is 27.9. The number of carbonyl (C=O) groups is 2. The molecule has 1 aromatic rings. The van der Waals surface area contributed by atoms with Crippen molar-refractivity contribution >= 4 is 34.8 Å². The number of hydrogen-bond acceptors (Lipinski definition) is 6. The monoisotopic (exact) mass is 308 g/mol. The van der Waals surface area contributed by atoms with Crippen molar-refractivity contribution in [2.24, 2.45) is 10.2 Å². The molecule has 2 atom stereocenters. The van der Waals surface area contributed by atoms with Crippen LogP contribution in [-0.2, 0) is 9.59 Å². The van der Waals surface area contributed by atoms with E-state index in [0.717, 1.165) is 4.90 Å². The number of amides is 2. The molecule has 21 heavy (non-hydrogen) atoms. The molecule has 0 bridgehead atoms. The Morgan fingerprint density at radius 1 is 1.43 bits per heavy atom. The molecule has 108 valence electrons. The number of carbonyl (C=O) groups excluding carboxylic acids is 2. The second kappa shape index (κ2) is 4.59. The largest absolute Gasteiger partial charge is 0.274 e. The predicted molar refractivity (Wildman–Crippen MR) is 72.1 cm³/mol. The molecule has 2 aliphatic rings. The van der Waals surface area contributed by atoms with Crippen LogP contribution in [0.1, 0.15) is 12.8 Å². The van der Waals surface area contributed by atoms with Crippen LogP contribution in [-0.4, -0.2) is 27.8 Å². The molecule has 1 spiro atoms. The van der Waals surface area contributed by atoms with Crippen LogP contribution in [0, 0.1) is 10.1 Å². The number of hydrogen-bond donors (Lipinski definition) is 0. The van der Waals surface area contributed by atoms with Crippen LogP contribution in [0.5, 0.6) is 0 Å².